The molecule has 0 aromatic carbocycles. The second kappa shape index (κ2) is 5.87. The minimum Gasteiger partial charge on any atom is -0.481 e. The number of carbonyl (C=O) groups is 2. The average molecular weight is 227 g/mol. The highest BCUT2D eigenvalue weighted by Gasteiger charge is 2.30. The van der Waals surface area contributed by atoms with Gasteiger partial charge in [0.15, 0.2) is 0 Å². The first-order valence-corrected chi connectivity index (χ1v) is 6.05. The van der Waals surface area contributed by atoms with Gasteiger partial charge in [-0.05, 0) is 12.8 Å². The van der Waals surface area contributed by atoms with Crippen molar-refractivity contribution in [1.29, 1.82) is 0 Å². The first kappa shape index (κ1) is 13.0. The Labute approximate surface area is 96.4 Å². The summed E-state index contributed by atoms with van der Waals surface area (Å²) in [6.07, 6.45) is 4.49. The molecule has 0 aliphatic heterocycles. The van der Waals surface area contributed by atoms with Crippen molar-refractivity contribution in [3.8, 4) is 0 Å². The molecule has 4 heteroatoms. The normalized spacial score (nSPS) is 26.2. The Morgan fingerprint density at radius 3 is 2.38 bits per heavy atom. The first-order valence-electron chi connectivity index (χ1n) is 6.05. The number of carboxylic acid groups (broad SMARTS) is 1. The molecule has 0 heterocycles. The Kier molecular flexibility index (Phi) is 4.77. The number of carbonyl (C=O) groups excluding carboxylic acids is 1. The fraction of sp³-hybridized carbons (Fsp3) is 0.833. The van der Waals surface area contributed by atoms with Crippen LogP contribution in [-0.4, -0.2) is 23.0 Å². The van der Waals surface area contributed by atoms with Crippen molar-refractivity contribution < 1.29 is 14.7 Å². The fourth-order valence-corrected chi connectivity index (χ4v) is 2.13. The second-order valence-electron chi connectivity index (χ2n) is 4.85. The van der Waals surface area contributed by atoms with Gasteiger partial charge >= 0.3 is 5.97 Å². The summed E-state index contributed by atoms with van der Waals surface area (Å²) in [6.45, 7) is 3.64. The molecule has 0 unspecified atom stereocenters. The summed E-state index contributed by atoms with van der Waals surface area (Å²) < 4.78 is 0. The van der Waals surface area contributed by atoms with Crippen LogP contribution in [-0.2, 0) is 9.59 Å². The summed E-state index contributed by atoms with van der Waals surface area (Å²) in [7, 11) is 0. The van der Waals surface area contributed by atoms with Gasteiger partial charge in [0.1, 0.15) is 0 Å². The molecule has 0 bridgehead atoms. The molecule has 16 heavy (non-hydrogen) atoms. The van der Waals surface area contributed by atoms with E-state index >= 15 is 0 Å². The maximum absolute atomic E-state index is 11.6. The topological polar surface area (TPSA) is 66.4 Å². The van der Waals surface area contributed by atoms with Crippen molar-refractivity contribution in [3.05, 3.63) is 0 Å². The molecule has 1 rings (SSSR count). The van der Waals surface area contributed by atoms with Gasteiger partial charge in [-0.3, -0.25) is 9.59 Å². The second-order valence-corrected chi connectivity index (χ2v) is 4.85. The van der Waals surface area contributed by atoms with Gasteiger partial charge in [0.2, 0.25) is 5.91 Å². The van der Waals surface area contributed by atoms with Crippen LogP contribution in [0.3, 0.4) is 0 Å². The lowest BCUT2D eigenvalue weighted by Gasteiger charge is -2.23. The van der Waals surface area contributed by atoms with E-state index in [1.165, 1.54) is 0 Å². The van der Waals surface area contributed by atoms with E-state index in [0.717, 1.165) is 25.7 Å². The number of rotatable bonds is 3. The molecule has 0 radical (unpaired) electrons. The van der Waals surface area contributed by atoms with Crippen LogP contribution in [0.2, 0.25) is 0 Å². The van der Waals surface area contributed by atoms with E-state index in [9.17, 15) is 9.59 Å². The Morgan fingerprint density at radius 2 is 1.81 bits per heavy atom. The number of aliphatic carboxylic acids is 1. The van der Waals surface area contributed by atoms with Crippen molar-refractivity contribution in [1.82, 2.24) is 5.32 Å². The minimum absolute atomic E-state index is 0.0434. The Morgan fingerprint density at radius 1 is 1.19 bits per heavy atom. The van der Waals surface area contributed by atoms with E-state index in [-0.39, 0.29) is 17.9 Å². The fourth-order valence-electron chi connectivity index (χ4n) is 2.13. The van der Waals surface area contributed by atoms with E-state index in [4.69, 9.17) is 5.11 Å². The first-order chi connectivity index (χ1) is 7.52. The molecule has 0 spiro atoms. The lowest BCUT2D eigenvalue weighted by molar-refractivity contribution is -0.143. The standard InChI is InChI=1S/C12H21NO3/c1-8(2)11(14)13-10-7-5-3-4-6-9(10)12(15)16/h8-10H,3-7H2,1-2H3,(H,13,14)(H,15,16)/t9-,10+/m1/s1. The van der Waals surface area contributed by atoms with Gasteiger partial charge in [0, 0.05) is 12.0 Å². The summed E-state index contributed by atoms with van der Waals surface area (Å²) in [6, 6.07) is -0.185. The Hall–Kier alpha value is -1.06. The van der Waals surface area contributed by atoms with Gasteiger partial charge in [0.05, 0.1) is 5.92 Å². The number of carboxylic acids is 1. The van der Waals surface area contributed by atoms with Gasteiger partial charge in [-0.2, -0.15) is 0 Å². The van der Waals surface area contributed by atoms with E-state index < -0.39 is 11.9 Å². The van der Waals surface area contributed by atoms with Crippen molar-refractivity contribution in [2.24, 2.45) is 11.8 Å². The van der Waals surface area contributed by atoms with Gasteiger partial charge in [-0.15, -0.1) is 0 Å². The molecule has 0 aromatic heterocycles. The van der Waals surface area contributed by atoms with E-state index in [1.54, 1.807) is 0 Å². The highest BCUT2D eigenvalue weighted by Crippen LogP contribution is 2.24. The van der Waals surface area contributed by atoms with Crippen molar-refractivity contribution >= 4 is 11.9 Å². The highest BCUT2D eigenvalue weighted by molar-refractivity contribution is 5.79. The number of hydrogen-bond donors (Lipinski definition) is 2. The molecule has 1 aliphatic rings. The molecule has 0 saturated heterocycles. The molecule has 2 atom stereocenters. The van der Waals surface area contributed by atoms with Gasteiger partial charge in [-0.1, -0.05) is 33.1 Å². The lowest BCUT2D eigenvalue weighted by atomic mass is 9.94. The highest BCUT2D eigenvalue weighted by atomic mass is 16.4. The molecule has 92 valence electrons. The summed E-state index contributed by atoms with van der Waals surface area (Å²) in [5.41, 5.74) is 0. The monoisotopic (exact) mass is 227 g/mol. The van der Waals surface area contributed by atoms with Gasteiger partial charge < -0.3 is 10.4 Å². The molecular formula is C12H21NO3. The van der Waals surface area contributed by atoms with Crippen LogP contribution >= 0.6 is 0 Å². The summed E-state index contributed by atoms with van der Waals surface area (Å²) in [5, 5.41) is 12.0. The van der Waals surface area contributed by atoms with Crippen LogP contribution in [0, 0.1) is 11.8 Å². The third-order valence-electron chi connectivity index (χ3n) is 3.19. The van der Waals surface area contributed by atoms with Crippen molar-refractivity contribution in [2.75, 3.05) is 0 Å². The van der Waals surface area contributed by atoms with Gasteiger partial charge in [0.25, 0.3) is 0 Å². The summed E-state index contributed by atoms with van der Waals surface area (Å²) in [5.74, 6) is -1.32. The van der Waals surface area contributed by atoms with Crippen LogP contribution in [0.4, 0.5) is 0 Å². The van der Waals surface area contributed by atoms with Crippen molar-refractivity contribution in [2.45, 2.75) is 52.0 Å². The number of nitrogens with one attached hydrogen (secondary N) is 1. The molecule has 4 nitrogen and oxygen atoms in total. The van der Waals surface area contributed by atoms with Crippen molar-refractivity contribution in [3.63, 3.8) is 0 Å². The predicted molar refractivity (Wildman–Crippen MR) is 61.0 cm³/mol. The summed E-state index contributed by atoms with van der Waals surface area (Å²) in [4.78, 5) is 22.7. The van der Waals surface area contributed by atoms with Crippen LogP contribution < -0.4 is 5.32 Å². The van der Waals surface area contributed by atoms with Crippen LogP contribution in [0.1, 0.15) is 46.0 Å². The van der Waals surface area contributed by atoms with Crippen LogP contribution in [0.15, 0.2) is 0 Å². The molecule has 0 aromatic rings. The van der Waals surface area contributed by atoms with E-state index in [1.807, 2.05) is 13.8 Å². The quantitative estimate of drug-likeness (QED) is 0.722. The predicted octanol–water partition coefficient (Wildman–Crippen LogP) is 1.79. The molecular weight excluding hydrogens is 206 g/mol. The van der Waals surface area contributed by atoms with Crippen LogP contribution in [0.5, 0.6) is 0 Å². The van der Waals surface area contributed by atoms with Crippen LogP contribution in [0.25, 0.3) is 0 Å². The maximum atomic E-state index is 11.6. The van der Waals surface area contributed by atoms with Gasteiger partial charge in [-0.25, -0.2) is 0 Å². The number of hydrogen-bond acceptors (Lipinski definition) is 2. The average Bonchev–Trinajstić information content (AvgIpc) is 2.42. The van der Waals surface area contributed by atoms with E-state index in [0.29, 0.717) is 6.42 Å². The molecule has 2 N–H and O–H groups in total. The van der Waals surface area contributed by atoms with E-state index in [2.05, 4.69) is 5.32 Å². The molecule has 1 aliphatic carbocycles. The summed E-state index contributed by atoms with van der Waals surface area (Å²) >= 11 is 0. The zero-order chi connectivity index (χ0) is 12.1. The largest absolute Gasteiger partial charge is 0.481 e. The SMILES string of the molecule is CC(C)C(=O)N[C@H]1CCCCC[C@H]1C(=O)O. The smallest absolute Gasteiger partial charge is 0.308 e. The lowest BCUT2D eigenvalue weighted by Crippen LogP contribution is -2.44. The third-order valence-corrected chi connectivity index (χ3v) is 3.19. The molecule has 1 amide bonds. The zero-order valence-electron chi connectivity index (χ0n) is 10.0. The Balaban J connectivity index is 2.64. The Bertz CT molecular complexity index is 263. The molecule has 1 fully saturated rings. The maximum Gasteiger partial charge on any atom is 0.308 e. The minimum atomic E-state index is -0.782. The molecule has 1 saturated carbocycles. The number of amides is 1. The third kappa shape index (κ3) is 3.51. The zero-order valence-corrected chi connectivity index (χ0v) is 10.0.